The van der Waals surface area contributed by atoms with Crippen LogP contribution >= 0.6 is 0 Å². The Bertz CT molecular complexity index is 233. The van der Waals surface area contributed by atoms with Gasteiger partial charge in [-0.05, 0) is 0 Å². The maximum absolute atomic E-state index is 10.9. The van der Waals surface area contributed by atoms with Crippen molar-refractivity contribution < 1.29 is 14.3 Å². The lowest BCUT2D eigenvalue weighted by Crippen LogP contribution is -2.20. The molecule has 0 aromatic carbocycles. The molecule has 1 N–H and O–H groups in total. The van der Waals surface area contributed by atoms with E-state index in [1.165, 1.54) is 7.05 Å². The largest absolute Gasteiger partial charge is 0.462 e. The molecule has 4 heteroatoms. The van der Waals surface area contributed by atoms with E-state index in [1.54, 1.807) is 0 Å². The zero-order chi connectivity index (χ0) is 10.3. The van der Waals surface area contributed by atoms with E-state index in [0.717, 1.165) is 6.08 Å². The van der Waals surface area contributed by atoms with Gasteiger partial charge in [-0.2, -0.15) is 0 Å². The molecule has 0 saturated carbocycles. The number of rotatable bonds is 5. The number of carbonyl (C=O) groups excluding carboxylic acids is 2. The highest BCUT2D eigenvalue weighted by Gasteiger charge is 2.04. The van der Waals surface area contributed by atoms with Crippen LogP contribution in [-0.4, -0.2) is 25.5 Å². The molecule has 0 radical (unpaired) electrons. The van der Waals surface area contributed by atoms with Gasteiger partial charge in [0, 0.05) is 25.1 Å². The van der Waals surface area contributed by atoms with Gasteiger partial charge >= 0.3 is 5.97 Å². The molecule has 0 unspecified atom stereocenters. The number of hydrogen-bond donors (Lipinski definition) is 1. The van der Waals surface area contributed by atoms with Gasteiger partial charge in [0.25, 0.3) is 0 Å². The lowest BCUT2D eigenvalue weighted by molar-refractivity contribution is -0.137. The molecule has 0 spiro atoms. The predicted octanol–water partition coefficient (Wildman–Crippen LogP) is 0.408. The summed E-state index contributed by atoms with van der Waals surface area (Å²) < 4.78 is 4.66. The summed E-state index contributed by atoms with van der Waals surface area (Å²) in [6.07, 6.45) is 1.40. The molecule has 0 aliphatic carbocycles. The van der Waals surface area contributed by atoms with E-state index in [1.807, 2.05) is 0 Å². The number of carbonyl (C=O) groups is 2. The molecule has 4 nitrogen and oxygen atoms in total. The Morgan fingerprint density at radius 2 is 2.15 bits per heavy atom. The fourth-order valence-corrected chi connectivity index (χ4v) is 0.624. The monoisotopic (exact) mass is 183 g/mol. The van der Waals surface area contributed by atoms with Gasteiger partial charge < -0.3 is 10.1 Å². The molecule has 72 valence electrons. The van der Waals surface area contributed by atoms with Crippen molar-refractivity contribution in [3.05, 3.63) is 24.8 Å². The van der Waals surface area contributed by atoms with Crippen molar-refractivity contribution in [3.8, 4) is 0 Å². The van der Waals surface area contributed by atoms with Gasteiger partial charge in [0.05, 0.1) is 6.61 Å². The van der Waals surface area contributed by atoms with E-state index in [4.69, 9.17) is 0 Å². The number of ether oxygens (including phenoxy) is 1. The second-order valence-corrected chi connectivity index (χ2v) is 2.30. The zero-order valence-corrected chi connectivity index (χ0v) is 7.63. The molecule has 0 saturated heterocycles. The lowest BCUT2D eigenvalue weighted by Gasteiger charge is -2.03. The minimum atomic E-state index is -0.496. The first-order valence-corrected chi connectivity index (χ1v) is 3.81. The molecule has 0 rings (SSSR count). The van der Waals surface area contributed by atoms with Gasteiger partial charge in [0.1, 0.15) is 0 Å². The molecular weight excluding hydrogens is 170 g/mol. The molecule has 0 aromatic heterocycles. The molecule has 0 aliphatic rings. The van der Waals surface area contributed by atoms with E-state index in [9.17, 15) is 9.59 Å². The standard InChI is InChI=1S/C9H13NO3/c1-4-8(11)13-6-5-7(2)9(12)10-3/h4H,1-2,5-6H2,3H3,(H,10,12). The highest BCUT2D eigenvalue weighted by molar-refractivity contribution is 5.92. The van der Waals surface area contributed by atoms with Crippen molar-refractivity contribution in [2.24, 2.45) is 0 Å². The van der Waals surface area contributed by atoms with Crippen LogP contribution in [0.2, 0.25) is 0 Å². The first kappa shape index (κ1) is 11.4. The smallest absolute Gasteiger partial charge is 0.330 e. The van der Waals surface area contributed by atoms with Crippen LogP contribution in [0.3, 0.4) is 0 Å². The molecule has 0 atom stereocenters. The predicted molar refractivity (Wildman–Crippen MR) is 49.0 cm³/mol. The maximum atomic E-state index is 10.9. The van der Waals surface area contributed by atoms with Gasteiger partial charge in [0.2, 0.25) is 5.91 Å². The van der Waals surface area contributed by atoms with Crippen molar-refractivity contribution in [3.63, 3.8) is 0 Å². The normalized spacial score (nSPS) is 8.69. The van der Waals surface area contributed by atoms with Gasteiger partial charge in [-0.3, -0.25) is 4.79 Å². The summed E-state index contributed by atoms with van der Waals surface area (Å²) in [5.74, 6) is -0.737. The summed E-state index contributed by atoms with van der Waals surface area (Å²) in [6.45, 7) is 6.90. The van der Waals surface area contributed by atoms with Gasteiger partial charge in [-0.15, -0.1) is 0 Å². The Hall–Kier alpha value is -1.58. The Morgan fingerprint density at radius 1 is 1.54 bits per heavy atom. The van der Waals surface area contributed by atoms with E-state index < -0.39 is 5.97 Å². The van der Waals surface area contributed by atoms with Crippen molar-refractivity contribution in [1.82, 2.24) is 5.32 Å². The first-order chi connectivity index (χ1) is 6.11. The minimum Gasteiger partial charge on any atom is -0.462 e. The first-order valence-electron chi connectivity index (χ1n) is 3.81. The van der Waals surface area contributed by atoms with Crippen LogP contribution in [0.25, 0.3) is 0 Å². The molecule has 0 aromatic rings. The average Bonchev–Trinajstić information content (AvgIpc) is 2.15. The van der Waals surface area contributed by atoms with Crippen LogP contribution in [0.1, 0.15) is 6.42 Å². The van der Waals surface area contributed by atoms with Crippen LogP contribution < -0.4 is 5.32 Å². The topological polar surface area (TPSA) is 55.4 Å². The Labute approximate surface area is 77.3 Å². The second kappa shape index (κ2) is 5.99. The third-order valence-electron chi connectivity index (χ3n) is 1.36. The van der Waals surface area contributed by atoms with Crippen LogP contribution in [-0.2, 0) is 14.3 Å². The lowest BCUT2D eigenvalue weighted by atomic mass is 10.2. The molecule has 1 amide bonds. The highest BCUT2D eigenvalue weighted by Crippen LogP contribution is 1.98. The van der Waals surface area contributed by atoms with Gasteiger partial charge in [-0.25, -0.2) is 4.79 Å². The summed E-state index contributed by atoms with van der Waals surface area (Å²) in [6, 6.07) is 0. The molecule has 0 fully saturated rings. The third kappa shape index (κ3) is 4.79. The number of amides is 1. The Kier molecular flexibility index (Phi) is 5.27. The summed E-state index contributed by atoms with van der Waals surface area (Å²) in [5.41, 5.74) is 0.388. The number of hydrogen-bond acceptors (Lipinski definition) is 3. The third-order valence-corrected chi connectivity index (χ3v) is 1.36. The highest BCUT2D eigenvalue weighted by atomic mass is 16.5. The van der Waals surface area contributed by atoms with Crippen LogP contribution in [0.4, 0.5) is 0 Å². The van der Waals surface area contributed by atoms with Gasteiger partial charge in [0.15, 0.2) is 0 Å². The summed E-state index contributed by atoms with van der Waals surface area (Å²) in [7, 11) is 1.52. The molecular formula is C9H13NO3. The summed E-state index contributed by atoms with van der Waals surface area (Å²) >= 11 is 0. The number of esters is 1. The molecule has 0 heterocycles. The Balaban J connectivity index is 3.65. The number of nitrogens with one attached hydrogen (secondary N) is 1. The van der Waals surface area contributed by atoms with Crippen LogP contribution in [0.15, 0.2) is 24.8 Å². The van der Waals surface area contributed by atoms with Gasteiger partial charge in [-0.1, -0.05) is 13.2 Å². The van der Waals surface area contributed by atoms with E-state index in [0.29, 0.717) is 12.0 Å². The SMILES string of the molecule is C=CC(=O)OCCC(=C)C(=O)NC. The number of likely N-dealkylation sites (N-methyl/N-ethyl adjacent to an activating group) is 1. The van der Waals surface area contributed by atoms with Crippen molar-refractivity contribution in [2.75, 3.05) is 13.7 Å². The van der Waals surface area contributed by atoms with Crippen molar-refractivity contribution in [2.45, 2.75) is 6.42 Å². The zero-order valence-electron chi connectivity index (χ0n) is 7.63. The average molecular weight is 183 g/mol. The quantitative estimate of drug-likeness (QED) is 0.496. The molecule has 0 bridgehead atoms. The van der Waals surface area contributed by atoms with Crippen molar-refractivity contribution in [1.29, 1.82) is 0 Å². The summed E-state index contributed by atoms with van der Waals surface area (Å²) in [5, 5.41) is 2.42. The fourth-order valence-electron chi connectivity index (χ4n) is 0.624. The van der Waals surface area contributed by atoms with E-state index in [2.05, 4.69) is 23.2 Å². The Morgan fingerprint density at radius 3 is 2.62 bits per heavy atom. The van der Waals surface area contributed by atoms with E-state index in [-0.39, 0.29) is 12.5 Å². The maximum Gasteiger partial charge on any atom is 0.330 e. The minimum absolute atomic E-state index is 0.150. The molecule has 0 aliphatic heterocycles. The van der Waals surface area contributed by atoms with E-state index >= 15 is 0 Å². The fraction of sp³-hybridized carbons (Fsp3) is 0.333. The molecule has 13 heavy (non-hydrogen) atoms. The second-order valence-electron chi connectivity index (χ2n) is 2.30. The van der Waals surface area contributed by atoms with Crippen LogP contribution in [0, 0.1) is 0 Å². The van der Waals surface area contributed by atoms with Crippen LogP contribution in [0.5, 0.6) is 0 Å². The van der Waals surface area contributed by atoms with Crippen molar-refractivity contribution >= 4 is 11.9 Å². The summed E-state index contributed by atoms with van der Waals surface area (Å²) in [4.78, 5) is 21.4.